The molecule has 0 aromatic heterocycles. The average Bonchev–Trinajstić information content (AvgIpc) is 2.29. The summed E-state index contributed by atoms with van der Waals surface area (Å²) in [6, 6.07) is 6.33. The van der Waals surface area contributed by atoms with Gasteiger partial charge in [-0.15, -0.1) is 0 Å². The molecule has 0 aliphatic rings. The molecule has 0 radical (unpaired) electrons. The van der Waals surface area contributed by atoms with Crippen LogP contribution in [0.25, 0.3) is 0 Å². The van der Waals surface area contributed by atoms with E-state index in [1.54, 1.807) is 6.26 Å². The van der Waals surface area contributed by atoms with E-state index in [0.717, 1.165) is 24.1 Å². The number of nitrogens with one attached hydrogen (secondary N) is 1. The van der Waals surface area contributed by atoms with Crippen molar-refractivity contribution in [3.05, 3.63) is 28.8 Å². The third-order valence-electron chi connectivity index (χ3n) is 2.76. The molecule has 0 aliphatic heterocycles. The Bertz CT molecular complexity index is 391. The molecule has 1 aromatic carbocycles. The van der Waals surface area contributed by atoms with E-state index in [0.29, 0.717) is 16.8 Å². The van der Waals surface area contributed by atoms with Gasteiger partial charge in [-0.3, -0.25) is 4.21 Å². The van der Waals surface area contributed by atoms with Gasteiger partial charge < -0.3 is 5.32 Å². The van der Waals surface area contributed by atoms with Gasteiger partial charge in [0.15, 0.2) is 0 Å². The lowest BCUT2D eigenvalue weighted by molar-refractivity contribution is 0.671. The zero-order valence-corrected chi connectivity index (χ0v) is 12.2. The quantitative estimate of drug-likeness (QED) is 0.854. The monoisotopic (exact) mass is 273 g/mol. The summed E-state index contributed by atoms with van der Waals surface area (Å²) in [7, 11) is -0.864. The Morgan fingerprint density at radius 1 is 1.35 bits per heavy atom. The Labute approximate surface area is 111 Å². The van der Waals surface area contributed by atoms with Gasteiger partial charge in [0.05, 0.1) is 0 Å². The van der Waals surface area contributed by atoms with Crippen LogP contribution in [0.5, 0.6) is 0 Å². The number of benzene rings is 1. The van der Waals surface area contributed by atoms with Gasteiger partial charge in [-0.05, 0) is 36.6 Å². The fraction of sp³-hybridized carbons (Fsp3) is 0.538. The molecule has 2 nitrogen and oxygen atoms in total. The molecule has 17 heavy (non-hydrogen) atoms. The van der Waals surface area contributed by atoms with E-state index in [4.69, 9.17) is 11.6 Å². The summed E-state index contributed by atoms with van der Waals surface area (Å²) < 4.78 is 11.2. The van der Waals surface area contributed by atoms with Crippen molar-refractivity contribution in [2.45, 2.75) is 38.5 Å². The Balaban J connectivity index is 2.84. The zero-order valence-electron chi connectivity index (χ0n) is 10.6. The second-order valence-electron chi connectivity index (χ2n) is 4.18. The molecule has 1 N–H and O–H groups in total. The van der Waals surface area contributed by atoms with E-state index < -0.39 is 10.8 Å². The van der Waals surface area contributed by atoms with Gasteiger partial charge in [0.25, 0.3) is 0 Å². The van der Waals surface area contributed by atoms with Crippen LogP contribution in [0.1, 0.15) is 32.3 Å². The third-order valence-corrected chi connectivity index (χ3v) is 3.85. The second kappa shape index (κ2) is 7.02. The molecule has 0 saturated carbocycles. The lowest BCUT2D eigenvalue weighted by Crippen LogP contribution is -2.17. The number of hydrogen-bond donors (Lipinski definition) is 1. The minimum atomic E-state index is -0.864. The molecule has 0 unspecified atom stereocenters. The first kappa shape index (κ1) is 14.5. The van der Waals surface area contributed by atoms with Crippen molar-refractivity contribution in [3.8, 4) is 0 Å². The summed E-state index contributed by atoms with van der Waals surface area (Å²) in [5.41, 5.74) is 2.01. The first-order valence-electron chi connectivity index (χ1n) is 5.91. The molecule has 0 aliphatic carbocycles. The van der Waals surface area contributed by atoms with Crippen molar-refractivity contribution in [1.29, 1.82) is 0 Å². The molecule has 4 heteroatoms. The molecule has 1 atom stereocenters. The maximum Gasteiger partial charge on any atom is 0.0498 e. The molecular weight excluding hydrogens is 254 g/mol. The van der Waals surface area contributed by atoms with E-state index in [1.165, 1.54) is 0 Å². The van der Waals surface area contributed by atoms with Crippen molar-refractivity contribution >= 4 is 28.1 Å². The van der Waals surface area contributed by atoms with E-state index in [-0.39, 0.29) is 0 Å². The molecule has 0 spiro atoms. The minimum absolute atomic E-state index is 0.483. The van der Waals surface area contributed by atoms with Crippen LogP contribution in [0.15, 0.2) is 18.2 Å². The van der Waals surface area contributed by atoms with E-state index >= 15 is 0 Å². The molecule has 0 bridgehead atoms. The van der Waals surface area contributed by atoms with Crippen LogP contribution >= 0.6 is 11.6 Å². The second-order valence-corrected chi connectivity index (χ2v) is 6.02. The zero-order chi connectivity index (χ0) is 12.8. The van der Waals surface area contributed by atoms with E-state index in [2.05, 4.69) is 19.2 Å². The smallest absolute Gasteiger partial charge is 0.0498 e. The Morgan fingerprint density at radius 2 is 2.00 bits per heavy atom. The van der Waals surface area contributed by atoms with Gasteiger partial charge in [-0.1, -0.05) is 25.4 Å². The van der Waals surface area contributed by atoms with Crippen LogP contribution in [0, 0.1) is 0 Å². The van der Waals surface area contributed by atoms with Crippen LogP contribution in [0.4, 0.5) is 5.69 Å². The number of hydrogen-bond acceptors (Lipinski definition) is 2. The van der Waals surface area contributed by atoms with Gasteiger partial charge in [-0.2, -0.15) is 0 Å². The van der Waals surface area contributed by atoms with Gasteiger partial charge >= 0.3 is 0 Å². The minimum Gasteiger partial charge on any atom is -0.382 e. The Kier molecular flexibility index (Phi) is 6.00. The molecule has 0 heterocycles. The van der Waals surface area contributed by atoms with E-state index in [9.17, 15) is 4.21 Å². The highest BCUT2D eigenvalue weighted by Gasteiger charge is 2.07. The molecule has 0 amide bonds. The molecule has 1 rings (SSSR count). The van der Waals surface area contributed by atoms with E-state index in [1.807, 2.05) is 18.2 Å². The third kappa shape index (κ3) is 4.68. The summed E-state index contributed by atoms with van der Waals surface area (Å²) in [6.45, 7) is 4.33. The van der Waals surface area contributed by atoms with Crippen molar-refractivity contribution in [1.82, 2.24) is 0 Å². The first-order chi connectivity index (χ1) is 8.06. The largest absolute Gasteiger partial charge is 0.382 e. The summed E-state index contributed by atoms with van der Waals surface area (Å²) in [5.74, 6) is 0.511. The molecular formula is C13H20ClNOS. The van der Waals surface area contributed by atoms with Gasteiger partial charge in [0.1, 0.15) is 0 Å². The maximum absolute atomic E-state index is 11.2. The highest BCUT2D eigenvalue weighted by molar-refractivity contribution is 7.83. The Hall–Kier alpha value is -0.540. The molecule has 0 saturated heterocycles. The number of anilines is 1. The van der Waals surface area contributed by atoms with Crippen LogP contribution < -0.4 is 5.32 Å². The van der Waals surface area contributed by atoms with Crippen LogP contribution in [-0.4, -0.2) is 16.5 Å². The van der Waals surface area contributed by atoms with Gasteiger partial charge in [0.2, 0.25) is 0 Å². The van der Waals surface area contributed by atoms with Crippen molar-refractivity contribution in [2.24, 2.45) is 0 Å². The summed E-state index contributed by atoms with van der Waals surface area (Å²) in [4.78, 5) is 0. The molecule has 0 fully saturated rings. The predicted molar refractivity (Wildman–Crippen MR) is 77.2 cm³/mol. The van der Waals surface area contributed by atoms with Crippen LogP contribution in [0.3, 0.4) is 0 Å². The molecule has 96 valence electrons. The first-order valence-corrected chi connectivity index (χ1v) is 8.02. The summed E-state index contributed by atoms with van der Waals surface area (Å²) in [5, 5.41) is 4.15. The standard InChI is InChI=1S/C13H20ClNOS/c1-4-11(5-2)15-12-6-7-13(14)10(8-12)9-17(3)16/h6-8,11,15H,4-5,9H2,1-3H3/t17-/m0/s1. The topological polar surface area (TPSA) is 29.1 Å². The van der Waals surface area contributed by atoms with Crippen molar-refractivity contribution in [3.63, 3.8) is 0 Å². The highest BCUT2D eigenvalue weighted by Crippen LogP contribution is 2.22. The van der Waals surface area contributed by atoms with Crippen molar-refractivity contribution < 1.29 is 4.21 Å². The summed E-state index contributed by atoms with van der Waals surface area (Å²) >= 11 is 6.08. The van der Waals surface area contributed by atoms with Crippen LogP contribution in [-0.2, 0) is 16.6 Å². The Morgan fingerprint density at radius 3 is 2.53 bits per heavy atom. The summed E-state index contributed by atoms with van der Waals surface area (Å²) in [6.07, 6.45) is 3.87. The van der Waals surface area contributed by atoms with Gasteiger partial charge in [-0.25, -0.2) is 0 Å². The number of halogens is 1. The maximum atomic E-state index is 11.2. The van der Waals surface area contributed by atoms with Gasteiger partial charge in [0, 0.05) is 39.6 Å². The van der Waals surface area contributed by atoms with Crippen LogP contribution in [0.2, 0.25) is 5.02 Å². The average molecular weight is 274 g/mol. The predicted octanol–water partition coefficient (Wildman–Crippen LogP) is 3.82. The normalized spacial score (nSPS) is 12.8. The SMILES string of the molecule is CCC(CC)Nc1ccc(Cl)c(C[S@](C)=O)c1. The fourth-order valence-corrected chi connectivity index (χ4v) is 2.66. The van der Waals surface area contributed by atoms with Crippen molar-refractivity contribution in [2.75, 3.05) is 11.6 Å². The lowest BCUT2D eigenvalue weighted by atomic mass is 10.1. The fourth-order valence-electron chi connectivity index (χ4n) is 1.72. The lowest BCUT2D eigenvalue weighted by Gasteiger charge is -2.17. The molecule has 1 aromatic rings. The highest BCUT2D eigenvalue weighted by atomic mass is 35.5. The number of rotatable bonds is 6.